The van der Waals surface area contributed by atoms with E-state index in [2.05, 4.69) is 4.72 Å². The van der Waals surface area contributed by atoms with E-state index < -0.39 is 10.0 Å². The first-order valence-electron chi connectivity index (χ1n) is 4.47. The number of sulfonamides is 1. The maximum Gasteiger partial charge on any atom is 0.242 e. The van der Waals surface area contributed by atoms with Gasteiger partial charge in [0, 0.05) is 12.1 Å². The molecule has 0 fully saturated rings. The van der Waals surface area contributed by atoms with Crippen LogP contribution in [0.1, 0.15) is 12.5 Å². The summed E-state index contributed by atoms with van der Waals surface area (Å²) < 4.78 is 25.8. The molecule has 7 heteroatoms. The molecular weight excluding hydrogens is 268 g/mol. The van der Waals surface area contributed by atoms with Crippen molar-refractivity contribution in [3.63, 3.8) is 0 Å². The van der Waals surface area contributed by atoms with Crippen LogP contribution in [0.25, 0.3) is 0 Å². The molecule has 16 heavy (non-hydrogen) atoms. The average molecular weight is 279 g/mol. The van der Waals surface area contributed by atoms with Crippen molar-refractivity contribution in [3.05, 3.63) is 28.8 Å². The van der Waals surface area contributed by atoms with Crippen LogP contribution in [0, 0.1) is 0 Å². The molecule has 0 saturated heterocycles. The zero-order valence-electron chi connectivity index (χ0n) is 8.53. The van der Waals surface area contributed by atoms with Gasteiger partial charge in [0.05, 0.1) is 5.02 Å². The van der Waals surface area contributed by atoms with Crippen LogP contribution in [0.2, 0.25) is 5.02 Å². The van der Waals surface area contributed by atoms with Crippen LogP contribution >= 0.6 is 23.8 Å². The SMILES string of the molecule is CCNS(=O)(=O)c1cc(C(N)=S)ccc1Cl. The molecule has 0 bridgehead atoms. The smallest absolute Gasteiger partial charge is 0.242 e. The Morgan fingerprint density at radius 2 is 2.19 bits per heavy atom. The monoisotopic (exact) mass is 278 g/mol. The van der Waals surface area contributed by atoms with Crippen molar-refractivity contribution < 1.29 is 8.42 Å². The Bertz CT molecular complexity index is 514. The first-order chi connectivity index (χ1) is 7.38. The summed E-state index contributed by atoms with van der Waals surface area (Å²) in [5.74, 6) is 0. The predicted octanol–water partition coefficient (Wildman–Crippen LogP) is 1.27. The zero-order valence-corrected chi connectivity index (χ0v) is 10.9. The van der Waals surface area contributed by atoms with Gasteiger partial charge in [-0.25, -0.2) is 13.1 Å². The van der Waals surface area contributed by atoms with Gasteiger partial charge >= 0.3 is 0 Å². The summed E-state index contributed by atoms with van der Waals surface area (Å²) in [5.41, 5.74) is 5.89. The van der Waals surface area contributed by atoms with Crippen LogP contribution in [-0.2, 0) is 10.0 Å². The molecule has 4 nitrogen and oxygen atoms in total. The topological polar surface area (TPSA) is 72.2 Å². The summed E-state index contributed by atoms with van der Waals surface area (Å²) in [6.45, 7) is 1.97. The fourth-order valence-electron chi connectivity index (χ4n) is 1.13. The summed E-state index contributed by atoms with van der Waals surface area (Å²) in [7, 11) is -3.59. The van der Waals surface area contributed by atoms with E-state index in [1.165, 1.54) is 12.1 Å². The number of hydrogen-bond acceptors (Lipinski definition) is 3. The van der Waals surface area contributed by atoms with E-state index >= 15 is 0 Å². The van der Waals surface area contributed by atoms with E-state index in [9.17, 15) is 8.42 Å². The number of nitrogens with two attached hydrogens (primary N) is 1. The molecule has 3 N–H and O–H groups in total. The third-order valence-electron chi connectivity index (χ3n) is 1.84. The van der Waals surface area contributed by atoms with Crippen LogP contribution in [-0.4, -0.2) is 20.0 Å². The molecule has 0 aliphatic rings. The molecule has 0 spiro atoms. The number of rotatable bonds is 4. The van der Waals surface area contributed by atoms with E-state index in [-0.39, 0.29) is 21.5 Å². The number of nitrogens with one attached hydrogen (secondary N) is 1. The number of thiocarbonyl (C=S) groups is 1. The Labute approximate surface area is 105 Å². The van der Waals surface area contributed by atoms with E-state index in [1.54, 1.807) is 13.0 Å². The summed E-state index contributed by atoms with van der Waals surface area (Å²) >= 11 is 10.6. The number of benzene rings is 1. The normalized spacial score (nSPS) is 11.4. The van der Waals surface area contributed by atoms with Gasteiger partial charge in [-0.2, -0.15) is 0 Å². The molecule has 0 aromatic heterocycles. The minimum Gasteiger partial charge on any atom is -0.389 e. The minimum atomic E-state index is -3.59. The Morgan fingerprint density at radius 3 is 2.69 bits per heavy atom. The second kappa shape index (κ2) is 5.09. The van der Waals surface area contributed by atoms with E-state index in [1.807, 2.05) is 0 Å². The third kappa shape index (κ3) is 2.91. The Kier molecular flexibility index (Phi) is 4.26. The molecule has 0 unspecified atom stereocenters. The molecule has 1 aromatic rings. The molecule has 0 aliphatic carbocycles. The van der Waals surface area contributed by atoms with Crippen molar-refractivity contribution in [1.29, 1.82) is 0 Å². The molecule has 1 rings (SSSR count). The van der Waals surface area contributed by atoms with E-state index in [0.29, 0.717) is 5.56 Å². The molecular formula is C9H11ClN2O2S2. The molecule has 0 amide bonds. The van der Waals surface area contributed by atoms with Crippen molar-refractivity contribution in [2.24, 2.45) is 5.73 Å². The molecule has 0 atom stereocenters. The average Bonchev–Trinajstić information content (AvgIpc) is 2.17. The van der Waals surface area contributed by atoms with Gasteiger partial charge in [-0.3, -0.25) is 0 Å². The lowest BCUT2D eigenvalue weighted by Crippen LogP contribution is -2.24. The highest BCUT2D eigenvalue weighted by molar-refractivity contribution is 7.89. The first-order valence-corrected chi connectivity index (χ1v) is 6.74. The summed E-state index contributed by atoms with van der Waals surface area (Å²) in [5, 5.41) is 0.140. The molecule has 0 radical (unpaired) electrons. The number of hydrogen-bond donors (Lipinski definition) is 2. The Balaban J connectivity index is 3.33. The lowest BCUT2D eigenvalue weighted by atomic mass is 10.2. The van der Waals surface area contributed by atoms with Gasteiger partial charge in [-0.15, -0.1) is 0 Å². The summed E-state index contributed by atoms with van der Waals surface area (Å²) in [4.78, 5) is 0.117. The van der Waals surface area contributed by atoms with E-state index in [0.717, 1.165) is 0 Å². The Morgan fingerprint density at radius 1 is 1.56 bits per heavy atom. The zero-order chi connectivity index (χ0) is 12.3. The highest BCUT2D eigenvalue weighted by atomic mass is 35.5. The first kappa shape index (κ1) is 13.4. The van der Waals surface area contributed by atoms with Crippen LogP contribution in [0.3, 0.4) is 0 Å². The van der Waals surface area contributed by atoms with Crippen molar-refractivity contribution in [1.82, 2.24) is 4.72 Å². The van der Waals surface area contributed by atoms with Gasteiger partial charge < -0.3 is 5.73 Å². The Hall–Kier alpha value is -0.690. The third-order valence-corrected chi connectivity index (χ3v) is 4.10. The molecule has 88 valence electrons. The van der Waals surface area contributed by atoms with Gasteiger partial charge in [-0.05, 0) is 12.1 Å². The fourth-order valence-corrected chi connectivity index (χ4v) is 2.82. The quantitative estimate of drug-likeness (QED) is 0.814. The summed E-state index contributed by atoms with van der Waals surface area (Å²) in [6.07, 6.45) is 0. The van der Waals surface area contributed by atoms with Crippen LogP contribution in [0.5, 0.6) is 0 Å². The summed E-state index contributed by atoms with van der Waals surface area (Å²) in [6, 6.07) is 4.40. The van der Waals surface area contributed by atoms with Crippen LogP contribution in [0.4, 0.5) is 0 Å². The highest BCUT2D eigenvalue weighted by Gasteiger charge is 2.17. The van der Waals surface area contributed by atoms with Gasteiger partial charge in [0.15, 0.2) is 0 Å². The molecule has 0 aliphatic heterocycles. The van der Waals surface area contributed by atoms with Gasteiger partial charge in [0.25, 0.3) is 0 Å². The standard InChI is InChI=1S/C9H11ClN2O2S2/c1-2-12-16(13,14)8-5-6(9(11)15)3-4-7(8)10/h3-5,12H,2H2,1H3,(H2,11,15). The van der Waals surface area contributed by atoms with Crippen LogP contribution < -0.4 is 10.5 Å². The maximum absolute atomic E-state index is 11.7. The van der Waals surface area contributed by atoms with Crippen molar-refractivity contribution in [2.45, 2.75) is 11.8 Å². The van der Waals surface area contributed by atoms with Crippen molar-refractivity contribution in [2.75, 3.05) is 6.54 Å². The lowest BCUT2D eigenvalue weighted by Gasteiger charge is -2.08. The van der Waals surface area contributed by atoms with Crippen molar-refractivity contribution in [3.8, 4) is 0 Å². The lowest BCUT2D eigenvalue weighted by molar-refractivity contribution is 0.584. The largest absolute Gasteiger partial charge is 0.389 e. The number of halogens is 1. The molecule has 0 heterocycles. The van der Waals surface area contributed by atoms with E-state index in [4.69, 9.17) is 29.6 Å². The second-order valence-corrected chi connectivity index (χ2v) is 5.59. The minimum absolute atomic E-state index is 0.0127. The molecule has 1 aromatic carbocycles. The van der Waals surface area contributed by atoms with Crippen molar-refractivity contribution >= 4 is 38.8 Å². The van der Waals surface area contributed by atoms with Gasteiger partial charge in [-0.1, -0.05) is 36.8 Å². The predicted molar refractivity (Wildman–Crippen MR) is 68.2 cm³/mol. The molecule has 0 saturated carbocycles. The highest BCUT2D eigenvalue weighted by Crippen LogP contribution is 2.22. The van der Waals surface area contributed by atoms with Gasteiger partial charge in [0.2, 0.25) is 10.0 Å². The second-order valence-electron chi connectivity index (χ2n) is 3.01. The maximum atomic E-state index is 11.7. The fraction of sp³-hybridized carbons (Fsp3) is 0.222. The van der Waals surface area contributed by atoms with Crippen LogP contribution in [0.15, 0.2) is 23.1 Å². The van der Waals surface area contributed by atoms with Gasteiger partial charge in [0.1, 0.15) is 9.88 Å².